The number of hydrogen-bond donors (Lipinski definition) is 4. The van der Waals surface area contributed by atoms with E-state index in [1.807, 2.05) is 0 Å². The highest BCUT2D eigenvalue weighted by Gasteiger charge is 2.02. The molecule has 0 aliphatic carbocycles. The van der Waals surface area contributed by atoms with Crippen LogP contribution in [0.15, 0.2) is 9.98 Å². The molecule has 0 spiro atoms. The van der Waals surface area contributed by atoms with Crippen LogP contribution in [0.3, 0.4) is 0 Å². The van der Waals surface area contributed by atoms with Crippen LogP contribution in [-0.2, 0) is 29.0 Å². The second-order valence-corrected chi connectivity index (χ2v) is 17.7. The molecule has 0 heterocycles. The van der Waals surface area contributed by atoms with Crippen LogP contribution in [0.2, 0.25) is 0 Å². The van der Waals surface area contributed by atoms with Crippen LogP contribution in [0.25, 0.3) is 0 Å². The number of thioether (sulfide) groups is 8. The van der Waals surface area contributed by atoms with Gasteiger partial charge in [-0.1, -0.05) is 0 Å². The van der Waals surface area contributed by atoms with E-state index in [2.05, 4.69) is 20.6 Å². The molecule has 0 rings (SSSR count). The Morgan fingerprint density at radius 3 is 1.68 bits per heavy atom. The number of nitrogens with zero attached hydrogens (tertiary/aromatic N) is 2. The highest BCUT2D eigenvalue weighted by Crippen LogP contribution is 2.13. The molecule has 276 valence electrons. The van der Waals surface area contributed by atoms with Gasteiger partial charge in [-0.15, -0.1) is 70.6 Å². The molecule has 14 nitrogen and oxygen atoms in total. The SMILES string of the molecule is O=C(NCCSCSCCN=COOCSCSCOC(=O)NCCSCSCCN=COOCCSCCO)OCCSCCO. The lowest BCUT2D eigenvalue weighted by atomic mass is 10.7. The fraction of sp³-hybridized carbons (Fsp3) is 0.840. The van der Waals surface area contributed by atoms with E-state index < -0.39 is 12.2 Å². The fourth-order valence-electron chi connectivity index (χ4n) is 2.32. The lowest BCUT2D eigenvalue weighted by Gasteiger charge is -2.06. The van der Waals surface area contributed by atoms with Crippen molar-refractivity contribution < 1.29 is 48.8 Å². The summed E-state index contributed by atoms with van der Waals surface area (Å²) in [5, 5.41) is 25.3. The molecule has 2 amide bonds. The van der Waals surface area contributed by atoms with Crippen LogP contribution < -0.4 is 10.6 Å². The number of aliphatic imine (C=N–C) groups is 2. The van der Waals surface area contributed by atoms with Crippen molar-refractivity contribution in [3.05, 3.63) is 0 Å². The zero-order chi connectivity index (χ0) is 34.1. The monoisotopic (exact) mass is 820 g/mol. The number of aliphatic hydroxyl groups excluding tert-OH is 2. The van der Waals surface area contributed by atoms with Gasteiger partial charge in [-0.25, -0.2) is 9.59 Å². The molecule has 0 radical (unpaired) electrons. The predicted molar refractivity (Wildman–Crippen MR) is 208 cm³/mol. The lowest BCUT2D eigenvalue weighted by molar-refractivity contribution is -0.210. The maximum atomic E-state index is 11.7. The van der Waals surface area contributed by atoms with Crippen molar-refractivity contribution in [2.75, 3.05) is 126 Å². The van der Waals surface area contributed by atoms with E-state index in [0.717, 1.165) is 38.9 Å². The number of carbonyl (C=O) groups is 2. The average Bonchev–Trinajstić information content (AvgIpc) is 3.07. The number of nitrogens with one attached hydrogen (secondary N) is 2. The fourth-order valence-corrected chi connectivity index (χ4v) is 8.49. The summed E-state index contributed by atoms with van der Waals surface area (Å²) in [5.41, 5.74) is 0. The van der Waals surface area contributed by atoms with Crippen LogP contribution >= 0.6 is 94.1 Å². The predicted octanol–water partition coefficient (Wildman–Crippen LogP) is 4.03. The third-order valence-electron chi connectivity index (χ3n) is 4.28. The average molecular weight is 821 g/mol. The first-order chi connectivity index (χ1) is 23.2. The molecule has 0 aromatic heterocycles. The number of ether oxygens (including phenoxy) is 2. The first-order valence-corrected chi connectivity index (χ1v) is 23.6. The molecule has 0 unspecified atom stereocenters. The second kappa shape index (κ2) is 42.3. The van der Waals surface area contributed by atoms with Crippen molar-refractivity contribution in [1.82, 2.24) is 10.6 Å². The van der Waals surface area contributed by atoms with Gasteiger partial charge < -0.3 is 40.1 Å². The van der Waals surface area contributed by atoms with Crippen molar-refractivity contribution in [1.29, 1.82) is 0 Å². The molecule has 0 aromatic rings. The maximum absolute atomic E-state index is 11.7. The first kappa shape index (κ1) is 47.1. The highest BCUT2D eigenvalue weighted by molar-refractivity contribution is 8.16. The quantitative estimate of drug-likeness (QED) is 0.0178. The van der Waals surface area contributed by atoms with Crippen LogP contribution in [0.1, 0.15) is 0 Å². The van der Waals surface area contributed by atoms with Gasteiger partial charge in [0.1, 0.15) is 25.1 Å². The molecule has 22 heteroatoms. The molecule has 0 aliphatic heterocycles. The van der Waals surface area contributed by atoms with Gasteiger partial charge in [0.15, 0.2) is 0 Å². The molecule has 0 atom stereocenters. The molecular weight excluding hydrogens is 773 g/mol. The normalized spacial score (nSPS) is 11.3. The van der Waals surface area contributed by atoms with Crippen LogP contribution in [0, 0.1) is 0 Å². The van der Waals surface area contributed by atoms with Crippen molar-refractivity contribution >= 4 is 119 Å². The van der Waals surface area contributed by atoms with Crippen molar-refractivity contribution in [3.8, 4) is 0 Å². The minimum absolute atomic E-state index is 0.132. The standard InChI is InChI=1S/C25H48N4O10S8/c30-5-13-40-15-7-34-24(32)28-3-11-44-21-43-10-2-27-18-38-39-20-47-23-46-19-35-25(33)29-4-12-45-22-42-9-1-26-17-37-36-8-16-41-14-6-31/h17-18,30-31H,1-16,19-23H2,(H,28,32)(H,29,33). The van der Waals surface area contributed by atoms with Gasteiger partial charge in [-0.05, 0) is 0 Å². The topological polar surface area (TPSA) is 179 Å². The third-order valence-corrected chi connectivity index (χ3v) is 12.6. The van der Waals surface area contributed by atoms with Crippen LogP contribution in [-0.4, -0.2) is 161 Å². The van der Waals surface area contributed by atoms with E-state index in [9.17, 15) is 9.59 Å². The Labute approximate surface area is 312 Å². The Morgan fingerprint density at radius 1 is 0.553 bits per heavy atom. The number of amides is 2. The summed E-state index contributed by atoms with van der Waals surface area (Å²) >= 11 is 13.1. The van der Waals surface area contributed by atoms with E-state index in [1.165, 1.54) is 36.3 Å². The van der Waals surface area contributed by atoms with Gasteiger partial charge in [0, 0.05) is 74.4 Å². The van der Waals surface area contributed by atoms with Gasteiger partial charge in [0.05, 0.1) is 26.3 Å². The summed E-state index contributed by atoms with van der Waals surface area (Å²) in [6.45, 7) is 3.44. The molecule has 0 aliphatic rings. The molecule has 0 aromatic carbocycles. The third kappa shape index (κ3) is 42.2. The van der Waals surface area contributed by atoms with E-state index in [0.29, 0.717) is 67.7 Å². The van der Waals surface area contributed by atoms with E-state index in [-0.39, 0.29) is 19.2 Å². The molecule has 0 fully saturated rings. The summed E-state index contributed by atoms with van der Waals surface area (Å²) in [5.74, 6) is 6.69. The first-order valence-electron chi connectivity index (χ1n) is 14.4. The summed E-state index contributed by atoms with van der Waals surface area (Å²) in [6.07, 6.45) is 1.76. The van der Waals surface area contributed by atoms with E-state index in [1.54, 1.807) is 70.6 Å². The largest absolute Gasteiger partial charge is 0.449 e. The van der Waals surface area contributed by atoms with Gasteiger partial charge in [-0.2, -0.15) is 33.3 Å². The zero-order valence-corrected chi connectivity index (χ0v) is 32.9. The van der Waals surface area contributed by atoms with E-state index in [4.69, 9.17) is 39.2 Å². The van der Waals surface area contributed by atoms with Gasteiger partial charge in [-0.3, -0.25) is 9.98 Å². The Balaban J connectivity index is 3.27. The van der Waals surface area contributed by atoms with Gasteiger partial charge in [0.25, 0.3) is 0 Å². The molecule has 0 saturated carbocycles. The Kier molecular flexibility index (Phi) is 42.4. The van der Waals surface area contributed by atoms with Crippen LogP contribution in [0.4, 0.5) is 9.59 Å². The number of alkyl carbamates (subject to hydrolysis) is 2. The maximum Gasteiger partial charge on any atom is 0.407 e. The zero-order valence-electron chi connectivity index (χ0n) is 26.3. The van der Waals surface area contributed by atoms with Gasteiger partial charge in [0.2, 0.25) is 12.8 Å². The summed E-state index contributed by atoms with van der Waals surface area (Å²) in [6, 6.07) is 0. The summed E-state index contributed by atoms with van der Waals surface area (Å²) in [7, 11) is 0. The number of carbonyl (C=O) groups excluding carboxylic acids is 2. The van der Waals surface area contributed by atoms with Gasteiger partial charge >= 0.3 is 12.2 Å². The number of aliphatic hydroxyl groups is 2. The Hall–Kier alpha value is 0.120. The van der Waals surface area contributed by atoms with Crippen molar-refractivity contribution in [3.63, 3.8) is 0 Å². The van der Waals surface area contributed by atoms with Crippen molar-refractivity contribution in [2.45, 2.75) is 0 Å². The molecule has 0 bridgehead atoms. The summed E-state index contributed by atoms with van der Waals surface area (Å²) in [4.78, 5) is 51.1. The number of rotatable bonds is 36. The Bertz CT molecular complexity index is 758. The second-order valence-electron chi connectivity index (χ2n) is 7.88. The minimum atomic E-state index is -0.428. The molecular formula is C25H48N4O10S8. The number of hydrogen-bond acceptors (Lipinski definition) is 20. The highest BCUT2D eigenvalue weighted by atomic mass is 32.2. The van der Waals surface area contributed by atoms with Crippen LogP contribution in [0.5, 0.6) is 0 Å². The molecule has 47 heavy (non-hydrogen) atoms. The molecule has 4 N–H and O–H groups in total. The lowest BCUT2D eigenvalue weighted by Crippen LogP contribution is -2.27. The minimum Gasteiger partial charge on any atom is -0.449 e. The summed E-state index contributed by atoms with van der Waals surface area (Å²) < 4.78 is 10.2. The van der Waals surface area contributed by atoms with E-state index >= 15 is 0 Å². The smallest absolute Gasteiger partial charge is 0.407 e. The molecule has 0 saturated heterocycles. The Morgan fingerprint density at radius 2 is 1.06 bits per heavy atom. The van der Waals surface area contributed by atoms with Crippen molar-refractivity contribution in [2.24, 2.45) is 9.98 Å².